The minimum absolute atomic E-state index is 0.00464. The number of benzene rings is 2. The van der Waals surface area contributed by atoms with E-state index in [-0.39, 0.29) is 5.69 Å². The maximum atomic E-state index is 13.2. The van der Waals surface area contributed by atoms with Crippen molar-refractivity contribution >= 4 is 11.4 Å². The Balaban J connectivity index is 2.15. The van der Waals surface area contributed by atoms with Gasteiger partial charge in [-0.3, -0.25) is 10.1 Å². The van der Waals surface area contributed by atoms with E-state index in [1.807, 2.05) is 6.92 Å². The van der Waals surface area contributed by atoms with Crippen LogP contribution >= 0.6 is 0 Å². The SMILES string of the molecule is Cc1ccc([N+](=O)[O-])cc1NCc1ccc(O)c(F)c1. The van der Waals surface area contributed by atoms with Gasteiger partial charge in [0, 0.05) is 24.4 Å². The summed E-state index contributed by atoms with van der Waals surface area (Å²) in [7, 11) is 0. The summed E-state index contributed by atoms with van der Waals surface area (Å²) in [5.41, 5.74) is 2.10. The molecular weight excluding hydrogens is 263 g/mol. The number of hydrogen-bond donors (Lipinski definition) is 2. The third-order valence-electron chi connectivity index (χ3n) is 2.93. The van der Waals surface area contributed by atoms with Gasteiger partial charge in [-0.15, -0.1) is 0 Å². The highest BCUT2D eigenvalue weighted by Crippen LogP contribution is 2.23. The first-order valence-electron chi connectivity index (χ1n) is 5.93. The number of nitro groups is 1. The largest absolute Gasteiger partial charge is 0.505 e. The standard InChI is InChI=1S/C14H13FN2O3/c1-9-2-4-11(17(19)20)7-13(9)16-8-10-3-5-14(18)12(15)6-10/h2-7,16,18H,8H2,1H3. The molecule has 20 heavy (non-hydrogen) atoms. The predicted octanol–water partition coefficient (Wildman–Crippen LogP) is 3.36. The van der Waals surface area contributed by atoms with E-state index in [0.717, 1.165) is 5.56 Å². The van der Waals surface area contributed by atoms with Gasteiger partial charge in [0.2, 0.25) is 0 Å². The van der Waals surface area contributed by atoms with Crippen LogP contribution in [0, 0.1) is 22.9 Å². The fourth-order valence-corrected chi connectivity index (χ4v) is 1.77. The van der Waals surface area contributed by atoms with Crippen molar-refractivity contribution < 1.29 is 14.4 Å². The lowest BCUT2D eigenvalue weighted by atomic mass is 10.1. The van der Waals surface area contributed by atoms with Crippen LogP contribution < -0.4 is 5.32 Å². The van der Waals surface area contributed by atoms with E-state index in [9.17, 15) is 14.5 Å². The lowest BCUT2D eigenvalue weighted by Gasteiger charge is -2.09. The number of phenolic OH excluding ortho intramolecular Hbond substituents is 1. The smallest absolute Gasteiger partial charge is 0.271 e. The van der Waals surface area contributed by atoms with Crippen molar-refractivity contribution in [1.82, 2.24) is 0 Å². The van der Waals surface area contributed by atoms with Gasteiger partial charge in [-0.2, -0.15) is 0 Å². The lowest BCUT2D eigenvalue weighted by Crippen LogP contribution is -2.02. The van der Waals surface area contributed by atoms with Crippen molar-refractivity contribution in [2.45, 2.75) is 13.5 Å². The zero-order valence-corrected chi connectivity index (χ0v) is 10.8. The number of nitrogens with one attached hydrogen (secondary N) is 1. The molecule has 0 heterocycles. The van der Waals surface area contributed by atoms with Gasteiger partial charge in [-0.1, -0.05) is 12.1 Å². The van der Waals surface area contributed by atoms with Crippen LogP contribution in [0.4, 0.5) is 15.8 Å². The molecule has 2 aromatic carbocycles. The zero-order chi connectivity index (χ0) is 14.7. The summed E-state index contributed by atoms with van der Waals surface area (Å²) in [6, 6.07) is 8.59. The fourth-order valence-electron chi connectivity index (χ4n) is 1.77. The summed E-state index contributed by atoms with van der Waals surface area (Å²) in [4.78, 5) is 10.3. The van der Waals surface area contributed by atoms with Crippen LogP contribution in [0.15, 0.2) is 36.4 Å². The number of nitro benzene ring substituents is 1. The minimum atomic E-state index is -0.694. The summed E-state index contributed by atoms with van der Waals surface area (Å²) in [5.74, 6) is -1.10. The quantitative estimate of drug-likeness (QED) is 0.663. The number of halogens is 1. The van der Waals surface area contributed by atoms with Crippen molar-refractivity contribution in [3.05, 3.63) is 63.5 Å². The van der Waals surface area contributed by atoms with Crippen molar-refractivity contribution in [2.24, 2.45) is 0 Å². The van der Waals surface area contributed by atoms with Gasteiger partial charge in [-0.05, 0) is 30.2 Å². The molecule has 104 valence electrons. The predicted molar refractivity (Wildman–Crippen MR) is 73.2 cm³/mol. The summed E-state index contributed by atoms with van der Waals surface area (Å²) in [6.07, 6.45) is 0. The Hall–Kier alpha value is -2.63. The summed E-state index contributed by atoms with van der Waals surface area (Å²) >= 11 is 0. The maximum Gasteiger partial charge on any atom is 0.271 e. The van der Waals surface area contributed by atoms with Crippen LogP contribution in [0.25, 0.3) is 0 Å². The molecule has 2 N–H and O–H groups in total. The molecule has 0 fully saturated rings. The van der Waals surface area contributed by atoms with Crippen LogP contribution in [0.1, 0.15) is 11.1 Å². The minimum Gasteiger partial charge on any atom is -0.505 e. The normalized spacial score (nSPS) is 10.3. The van der Waals surface area contributed by atoms with E-state index in [1.165, 1.54) is 24.3 Å². The summed E-state index contributed by atoms with van der Waals surface area (Å²) < 4.78 is 13.2. The Kier molecular flexibility index (Phi) is 3.84. The second-order valence-electron chi connectivity index (χ2n) is 4.40. The van der Waals surface area contributed by atoms with E-state index in [2.05, 4.69) is 5.32 Å². The molecule has 5 nitrogen and oxygen atoms in total. The number of non-ortho nitro benzene ring substituents is 1. The Labute approximate surface area is 114 Å². The molecule has 6 heteroatoms. The van der Waals surface area contributed by atoms with E-state index >= 15 is 0 Å². The van der Waals surface area contributed by atoms with Crippen LogP contribution in [0.2, 0.25) is 0 Å². The molecule has 0 unspecified atom stereocenters. The molecule has 0 radical (unpaired) electrons. The van der Waals surface area contributed by atoms with Crippen molar-refractivity contribution in [3.8, 4) is 5.75 Å². The molecular formula is C14H13FN2O3. The first kappa shape index (κ1) is 13.8. The van der Waals surface area contributed by atoms with E-state index < -0.39 is 16.5 Å². The second-order valence-corrected chi connectivity index (χ2v) is 4.40. The van der Waals surface area contributed by atoms with Gasteiger partial charge in [-0.25, -0.2) is 4.39 Å². The highest BCUT2D eigenvalue weighted by Gasteiger charge is 2.08. The molecule has 0 spiro atoms. The van der Waals surface area contributed by atoms with Crippen molar-refractivity contribution in [1.29, 1.82) is 0 Å². The first-order valence-corrected chi connectivity index (χ1v) is 5.93. The average Bonchev–Trinajstić information content (AvgIpc) is 2.41. The molecule has 0 aliphatic heterocycles. The van der Waals surface area contributed by atoms with Crippen molar-refractivity contribution in [2.75, 3.05) is 5.32 Å². The Morgan fingerprint density at radius 3 is 2.70 bits per heavy atom. The number of aromatic hydroxyl groups is 1. The van der Waals surface area contributed by atoms with Gasteiger partial charge < -0.3 is 10.4 Å². The maximum absolute atomic E-state index is 13.2. The number of hydrogen-bond acceptors (Lipinski definition) is 4. The molecule has 2 rings (SSSR count). The fraction of sp³-hybridized carbons (Fsp3) is 0.143. The van der Waals surface area contributed by atoms with E-state index in [0.29, 0.717) is 17.8 Å². The first-order chi connectivity index (χ1) is 9.47. The Bertz CT molecular complexity index is 659. The number of rotatable bonds is 4. The van der Waals surface area contributed by atoms with Crippen LogP contribution in [-0.2, 0) is 6.54 Å². The number of aryl methyl sites for hydroxylation is 1. The number of nitrogens with zero attached hydrogens (tertiary/aromatic N) is 1. The number of anilines is 1. The summed E-state index contributed by atoms with van der Waals surface area (Å²) in [5, 5.41) is 22.8. The number of phenols is 1. The van der Waals surface area contributed by atoms with Gasteiger partial charge in [0.1, 0.15) is 0 Å². The molecule has 0 aliphatic rings. The Morgan fingerprint density at radius 1 is 1.30 bits per heavy atom. The van der Waals surface area contributed by atoms with Gasteiger partial charge in [0.25, 0.3) is 5.69 Å². The van der Waals surface area contributed by atoms with Gasteiger partial charge >= 0.3 is 0 Å². The van der Waals surface area contributed by atoms with Gasteiger partial charge in [0.15, 0.2) is 11.6 Å². The van der Waals surface area contributed by atoms with Crippen LogP contribution in [-0.4, -0.2) is 10.0 Å². The molecule has 0 atom stereocenters. The highest BCUT2D eigenvalue weighted by molar-refractivity contribution is 5.57. The highest BCUT2D eigenvalue weighted by atomic mass is 19.1. The van der Waals surface area contributed by atoms with Crippen LogP contribution in [0.3, 0.4) is 0 Å². The third-order valence-corrected chi connectivity index (χ3v) is 2.93. The topological polar surface area (TPSA) is 75.4 Å². The molecule has 2 aromatic rings. The average molecular weight is 276 g/mol. The Morgan fingerprint density at radius 2 is 2.05 bits per heavy atom. The van der Waals surface area contributed by atoms with Crippen LogP contribution in [0.5, 0.6) is 5.75 Å². The molecule has 0 aromatic heterocycles. The third kappa shape index (κ3) is 3.03. The second kappa shape index (κ2) is 5.56. The molecule has 0 aliphatic carbocycles. The molecule has 0 bridgehead atoms. The van der Waals surface area contributed by atoms with E-state index in [1.54, 1.807) is 12.1 Å². The monoisotopic (exact) mass is 276 g/mol. The van der Waals surface area contributed by atoms with E-state index in [4.69, 9.17) is 5.11 Å². The molecule has 0 saturated heterocycles. The lowest BCUT2D eigenvalue weighted by molar-refractivity contribution is -0.384. The molecule has 0 saturated carbocycles. The van der Waals surface area contributed by atoms with Gasteiger partial charge in [0.05, 0.1) is 4.92 Å². The van der Waals surface area contributed by atoms with Crippen molar-refractivity contribution in [3.63, 3.8) is 0 Å². The molecule has 0 amide bonds. The zero-order valence-electron chi connectivity index (χ0n) is 10.8. The summed E-state index contributed by atoms with van der Waals surface area (Å²) in [6.45, 7) is 2.13.